The SMILES string of the molecule is Cn1ncc2c(=O)n(CCC(=O)Nc3ccc(OC(F)F)c(Cc4ccccc4)c3)cnc21. The van der Waals surface area contributed by atoms with E-state index in [0.29, 0.717) is 28.7 Å². The van der Waals surface area contributed by atoms with Gasteiger partial charge in [0.1, 0.15) is 11.1 Å². The van der Waals surface area contributed by atoms with Crippen molar-refractivity contribution in [2.75, 3.05) is 5.32 Å². The second-order valence-corrected chi connectivity index (χ2v) is 7.41. The van der Waals surface area contributed by atoms with Crippen LogP contribution in [0.25, 0.3) is 11.0 Å². The molecule has 0 atom stereocenters. The Kier molecular flexibility index (Phi) is 6.43. The summed E-state index contributed by atoms with van der Waals surface area (Å²) in [4.78, 5) is 29.2. The standard InChI is InChI=1S/C23H21F2N5O3/c1-29-21-18(13-27-29)22(32)30(14-26-21)10-9-20(31)28-17-7-8-19(33-23(24)25)16(12-17)11-15-5-3-2-4-6-15/h2-8,12-14,23H,9-11H2,1H3,(H,28,31). The molecule has 33 heavy (non-hydrogen) atoms. The van der Waals surface area contributed by atoms with Gasteiger partial charge in [-0.2, -0.15) is 13.9 Å². The summed E-state index contributed by atoms with van der Waals surface area (Å²) in [6, 6.07) is 13.8. The molecule has 8 nitrogen and oxygen atoms in total. The van der Waals surface area contributed by atoms with E-state index in [1.807, 2.05) is 30.3 Å². The zero-order valence-electron chi connectivity index (χ0n) is 17.7. The molecule has 0 bridgehead atoms. The van der Waals surface area contributed by atoms with Crippen LogP contribution in [0.4, 0.5) is 14.5 Å². The number of aryl methyl sites for hydroxylation is 2. The smallest absolute Gasteiger partial charge is 0.387 e. The number of alkyl halides is 2. The number of carbonyl (C=O) groups is 1. The van der Waals surface area contributed by atoms with E-state index in [2.05, 4.69) is 20.1 Å². The van der Waals surface area contributed by atoms with Gasteiger partial charge in [-0.1, -0.05) is 30.3 Å². The fourth-order valence-corrected chi connectivity index (χ4v) is 3.49. The van der Waals surface area contributed by atoms with Crippen LogP contribution in [-0.4, -0.2) is 31.9 Å². The molecule has 0 aliphatic heterocycles. The van der Waals surface area contributed by atoms with Gasteiger partial charge in [-0.15, -0.1) is 0 Å². The second-order valence-electron chi connectivity index (χ2n) is 7.41. The third-order valence-electron chi connectivity index (χ3n) is 5.10. The minimum absolute atomic E-state index is 0.0245. The van der Waals surface area contributed by atoms with Gasteiger partial charge in [-0.25, -0.2) is 4.98 Å². The molecular weight excluding hydrogens is 432 g/mol. The molecule has 0 aliphatic rings. The fraction of sp³-hybridized carbons (Fsp3) is 0.217. The van der Waals surface area contributed by atoms with Crippen LogP contribution >= 0.6 is 0 Å². The second kappa shape index (κ2) is 9.60. The molecular formula is C23H21F2N5O3. The molecule has 4 rings (SSSR count). The summed E-state index contributed by atoms with van der Waals surface area (Å²) in [5.41, 5.74) is 2.07. The predicted octanol–water partition coefficient (Wildman–Crippen LogP) is 3.35. The average molecular weight is 453 g/mol. The van der Waals surface area contributed by atoms with Crippen molar-refractivity contribution in [1.29, 1.82) is 0 Å². The lowest BCUT2D eigenvalue weighted by atomic mass is 10.0. The van der Waals surface area contributed by atoms with Crippen molar-refractivity contribution in [3.05, 3.63) is 82.5 Å². The topological polar surface area (TPSA) is 91.0 Å². The molecule has 2 heterocycles. The van der Waals surface area contributed by atoms with Gasteiger partial charge in [0.05, 0.1) is 12.5 Å². The minimum Gasteiger partial charge on any atom is -0.435 e. The number of anilines is 1. The Labute approximate surface area is 187 Å². The lowest BCUT2D eigenvalue weighted by Gasteiger charge is -2.14. The zero-order valence-corrected chi connectivity index (χ0v) is 17.7. The number of aromatic nitrogens is 4. The van der Waals surface area contributed by atoms with Gasteiger partial charge in [0, 0.05) is 37.7 Å². The first-order valence-electron chi connectivity index (χ1n) is 10.2. The van der Waals surface area contributed by atoms with E-state index in [4.69, 9.17) is 0 Å². The molecule has 170 valence electrons. The summed E-state index contributed by atoms with van der Waals surface area (Å²) in [5.74, 6) is -0.282. The number of halogens is 2. The van der Waals surface area contributed by atoms with Crippen molar-refractivity contribution < 1.29 is 18.3 Å². The number of nitrogens with one attached hydrogen (secondary N) is 1. The van der Waals surface area contributed by atoms with Crippen molar-refractivity contribution in [2.24, 2.45) is 7.05 Å². The summed E-state index contributed by atoms with van der Waals surface area (Å²) in [5, 5.41) is 7.14. The number of amides is 1. The van der Waals surface area contributed by atoms with Gasteiger partial charge in [0.15, 0.2) is 5.65 Å². The Morgan fingerprint density at radius 2 is 1.97 bits per heavy atom. The Morgan fingerprint density at radius 1 is 1.18 bits per heavy atom. The van der Waals surface area contributed by atoms with Crippen LogP contribution in [0, 0.1) is 0 Å². The maximum atomic E-state index is 12.8. The number of rotatable bonds is 8. The average Bonchev–Trinajstić information content (AvgIpc) is 3.17. The molecule has 2 aromatic carbocycles. The summed E-state index contributed by atoms with van der Waals surface area (Å²) in [6.45, 7) is -2.82. The highest BCUT2D eigenvalue weighted by atomic mass is 19.3. The van der Waals surface area contributed by atoms with Crippen molar-refractivity contribution in [3.63, 3.8) is 0 Å². The van der Waals surface area contributed by atoms with E-state index < -0.39 is 6.61 Å². The van der Waals surface area contributed by atoms with Crippen LogP contribution in [0.5, 0.6) is 5.75 Å². The number of carbonyl (C=O) groups excluding carboxylic acids is 1. The van der Waals surface area contributed by atoms with Gasteiger partial charge in [0.25, 0.3) is 5.56 Å². The molecule has 10 heteroatoms. The third kappa shape index (κ3) is 5.22. The molecule has 0 unspecified atom stereocenters. The number of hydrogen-bond donors (Lipinski definition) is 1. The summed E-state index contributed by atoms with van der Waals surface area (Å²) in [7, 11) is 1.69. The highest BCUT2D eigenvalue weighted by Crippen LogP contribution is 2.27. The number of benzene rings is 2. The summed E-state index contributed by atoms with van der Waals surface area (Å²) < 4.78 is 33.1. The molecule has 1 amide bonds. The summed E-state index contributed by atoms with van der Waals surface area (Å²) in [6.07, 6.45) is 3.21. The lowest BCUT2D eigenvalue weighted by molar-refractivity contribution is -0.116. The molecule has 0 radical (unpaired) electrons. The highest BCUT2D eigenvalue weighted by Gasteiger charge is 2.13. The van der Waals surface area contributed by atoms with Gasteiger partial charge >= 0.3 is 6.61 Å². The highest BCUT2D eigenvalue weighted by molar-refractivity contribution is 5.90. The normalized spacial score (nSPS) is 11.2. The van der Waals surface area contributed by atoms with E-state index >= 15 is 0 Å². The molecule has 2 aromatic heterocycles. The van der Waals surface area contributed by atoms with Crippen molar-refractivity contribution >= 4 is 22.6 Å². The molecule has 0 spiro atoms. The van der Waals surface area contributed by atoms with E-state index in [0.717, 1.165) is 5.56 Å². The molecule has 1 N–H and O–H groups in total. The monoisotopic (exact) mass is 453 g/mol. The third-order valence-corrected chi connectivity index (χ3v) is 5.10. The first kappa shape index (κ1) is 22.1. The Bertz CT molecular complexity index is 1340. The molecule has 0 fully saturated rings. The Morgan fingerprint density at radius 3 is 2.73 bits per heavy atom. The van der Waals surface area contributed by atoms with Crippen LogP contribution in [0.15, 0.2) is 65.8 Å². The van der Waals surface area contributed by atoms with Crippen LogP contribution in [0.1, 0.15) is 17.5 Å². The Balaban J connectivity index is 1.46. The van der Waals surface area contributed by atoms with Gasteiger partial charge in [0.2, 0.25) is 5.91 Å². The van der Waals surface area contributed by atoms with Crippen molar-refractivity contribution in [2.45, 2.75) is 26.0 Å². The van der Waals surface area contributed by atoms with Crippen LogP contribution < -0.4 is 15.6 Å². The maximum absolute atomic E-state index is 12.8. The van der Waals surface area contributed by atoms with Crippen LogP contribution in [0.3, 0.4) is 0 Å². The van der Waals surface area contributed by atoms with Crippen molar-refractivity contribution in [1.82, 2.24) is 19.3 Å². The summed E-state index contributed by atoms with van der Waals surface area (Å²) >= 11 is 0. The molecule has 0 saturated heterocycles. The number of fused-ring (bicyclic) bond motifs is 1. The molecule has 0 aliphatic carbocycles. The first-order chi connectivity index (χ1) is 15.9. The van der Waals surface area contributed by atoms with Gasteiger partial charge in [-0.05, 0) is 23.8 Å². The van der Waals surface area contributed by atoms with Crippen LogP contribution in [0.2, 0.25) is 0 Å². The van der Waals surface area contributed by atoms with E-state index in [1.54, 1.807) is 13.1 Å². The van der Waals surface area contributed by atoms with Gasteiger partial charge < -0.3 is 10.1 Å². The fourth-order valence-electron chi connectivity index (χ4n) is 3.49. The number of nitrogens with zero attached hydrogens (tertiary/aromatic N) is 4. The zero-order chi connectivity index (χ0) is 23.4. The predicted molar refractivity (Wildman–Crippen MR) is 118 cm³/mol. The van der Waals surface area contributed by atoms with Crippen LogP contribution in [-0.2, 0) is 24.8 Å². The lowest BCUT2D eigenvalue weighted by Crippen LogP contribution is -2.23. The van der Waals surface area contributed by atoms with E-state index in [-0.39, 0.29) is 30.2 Å². The Hall–Kier alpha value is -4.08. The van der Waals surface area contributed by atoms with E-state index in [1.165, 1.54) is 33.9 Å². The largest absolute Gasteiger partial charge is 0.435 e. The molecule has 4 aromatic rings. The maximum Gasteiger partial charge on any atom is 0.387 e. The quantitative estimate of drug-likeness (QED) is 0.442. The number of hydrogen-bond acceptors (Lipinski definition) is 5. The van der Waals surface area contributed by atoms with Crippen molar-refractivity contribution in [3.8, 4) is 5.75 Å². The van der Waals surface area contributed by atoms with E-state index in [9.17, 15) is 18.4 Å². The number of ether oxygens (including phenoxy) is 1. The first-order valence-corrected chi connectivity index (χ1v) is 10.2. The molecule has 0 saturated carbocycles. The van der Waals surface area contributed by atoms with Gasteiger partial charge in [-0.3, -0.25) is 18.8 Å². The minimum atomic E-state index is -2.95.